The van der Waals surface area contributed by atoms with E-state index < -0.39 is 35.6 Å². The van der Waals surface area contributed by atoms with Gasteiger partial charge in [0, 0.05) is 37.1 Å². The van der Waals surface area contributed by atoms with Gasteiger partial charge in [-0.3, -0.25) is 0 Å². The number of alkyl halides is 3. The molecule has 1 aliphatic carbocycles. The van der Waals surface area contributed by atoms with Crippen LogP contribution in [0.5, 0.6) is 0 Å². The molecule has 2 aliphatic heterocycles. The van der Waals surface area contributed by atoms with Crippen LogP contribution in [0, 0.1) is 42.1 Å². The maximum absolute atomic E-state index is 14.6. The maximum Gasteiger partial charge on any atom is 0.410 e. The minimum absolute atomic E-state index is 0.0598. The van der Waals surface area contributed by atoms with Gasteiger partial charge in [-0.1, -0.05) is 11.2 Å². The lowest BCUT2D eigenvalue weighted by molar-refractivity contribution is -0.175. The molecule has 1 saturated heterocycles. The number of nitrogens with zero attached hydrogens (tertiary/aromatic N) is 5. The van der Waals surface area contributed by atoms with Gasteiger partial charge in [-0.25, -0.2) is 22.8 Å². The Balaban J connectivity index is 1.30. The Kier molecular flexibility index (Phi) is 5.76. The van der Waals surface area contributed by atoms with Crippen LogP contribution in [0.15, 0.2) is 22.7 Å². The summed E-state index contributed by atoms with van der Waals surface area (Å²) in [6.07, 6.45) is -2.67. The van der Waals surface area contributed by atoms with E-state index in [-0.39, 0.29) is 36.0 Å². The van der Waals surface area contributed by atoms with E-state index in [9.17, 15) is 26.3 Å². The van der Waals surface area contributed by atoms with Crippen molar-refractivity contribution in [3.8, 4) is 0 Å². The zero-order valence-electron chi connectivity index (χ0n) is 20.0. The highest BCUT2D eigenvalue weighted by Gasteiger charge is 2.48. The summed E-state index contributed by atoms with van der Waals surface area (Å²) in [4.78, 5) is 6.62. The van der Waals surface area contributed by atoms with Gasteiger partial charge in [0.1, 0.15) is 11.9 Å². The fraction of sp³-hybridized carbons (Fsp3) is 0.560. The fourth-order valence-electron chi connectivity index (χ4n) is 6.48. The highest BCUT2D eigenvalue weighted by atomic mass is 19.4. The van der Waals surface area contributed by atoms with Crippen LogP contribution in [0.25, 0.3) is 0 Å². The predicted octanol–water partition coefficient (Wildman–Crippen LogP) is 5.73. The number of fused-ring (bicyclic) bond motifs is 3. The van der Waals surface area contributed by atoms with Crippen LogP contribution in [0.2, 0.25) is 0 Å². The quantitative estimate of drug-likeness (QED) is 0.322. The minimum atomic E-state index is -4.57. The first-order chi connectivity index (χ1) is 17.6. The van der Waals surface area contributed by atoms with Gasteiger partial charge in [0.2, 0.25) is 5.88 Å². The van der Waals surface area contributed by atoms with Crippen LogP contribution in [-0.2, 0) is 6.42 Å². The number of benzene rings is 1. The van der Waals surface area contributed by atoms with Crippen molar-refractivity contribution < 1.29 is 30.9 Å². The van der Waals surface area contributed by atoms with Gasteiger partial charge in [0.15, 0.2) is 23.3 Å². The lowest BCUT2D eigenvalue weighted by Gasteiger charge is -2.37. The Morgan fingerprint density at radius 3 is 2.38 bits per heavy atom. The van der Waals surface area contributed by atoms with Gasteiger partial charge < -0.3 is 9.42 Å². The third kappa shape index (κ3) is 4.17. The summed E-state index contributed by atoms with van der Waals surface area (Å²) in [5.74, 6) is -3.66. The second-order valence-electron chi connectivity index (χ2n) is 10.5. The molecule has 2 fully saturated rings. The summed E-state index contributed by atoms with van der Waals surface area (Å²) in [5, 5.41) is 8.23. The van der Waals surface area contributed by atoms with Crippen LogP contribution in [0.4, 0.5) is 32.2 Å². The first kappa shape index (κ1) is 24.3. The van der Waals surface area contributed by atoms with Crippen molar-refractivity contribution in [1.82, 2.24) is 19.9 Å². The molecule has 1 saturated carbocycles. The molecule has 3 aromatic rings. The molecule has 0 radical (unpaired) electrons. The first-order valence-electron chi connectivity index (χ1n) is 12.4. The predicted molar refractivity (Wildman–Crippen MR) is 119 cm³/mol. The van der Waals surface area contributed by atoms with Crippen molar-refractivity contribution >= 4 is 5.88 Å². The lowest BCUT2D eigenvalue weighted by Crippen LogP contribution is -2.42. The standard InChI is InChI=1S/C25H25F6N5O/c1-12-8-21(37-34-12)35-10-13-2-3-14(11-35)17(13)9-20-32-24-16(15-4-6-18(26)23(28)22(15)27)5-7-19(25(29,30)31)36(24)33-20/h4,6,8,13-14,16-17,19H,2-3,5,7,9-11H2,1H3/t13-,14+,16?,17?,19?. The van der Waals surface area contributed by atoms with E-state index in [2.05, 4.69) is 20.1 Å². The van der Waals surface area contributed by atoms with Crippen LogP contribution in [0.3, 0.4) is 0 Å². The number of hydrogen-bond donors (Lipinski definition) is 0. The molecular weight excluding hydrogens is 500 g/mol. The minimum Gasteiger partial charge on any atom is -0.340 e. The molecule has 0 spiro atoms. The van der Waals surface area contributed by atoms with Gasteiger partial charge in [0.25, 0.3) is 0 Å². The number of halogens is 6. The molecule has 4 heterocycles. The van der Waals surface area contributed by atoms with Crippen molar-refractivity contribution in [3.05, 3.63) is 58.6 Å². The number of anilines is 1. The van der Waals surface area contributed by atoms with Crippen molar-refractivity contribution in [1.29, 1.82) is 0 Å². The molecule has 6 rings (SSSR count). The molecule has 2 aromatic heterocycles. The van der Waals surface area contributed by atoms with Crippen molar-refractivity contribution in [2.75, 3.05) is 18.0 Å². The molecule has 5 atom stereocenters. The number of aromatic nitrogens is 4. The average Bonchev–Trinajstić information content (AvgIpc) is 3.52. The van der Waals surface area contributed by atoms with Gasteiger partial charge >= 0.3 is 6.18 Å². The van der Waals surface area contributed by atoms with E-state index in [4.69, 9.17) is 4.52 Å². The molecule has 6 nitrogen and oxygen atoms in total. The Hall–Kier alpha value is -3.05. The number of aryl methyl sites for hydroxylation is 1. The van der Waals surface area contributed by atoms with Crippen LogP contribution in [-0.4, -0.2) is 39.2 Å². The van der Waals surface area contributed by atoms with Gasteiger partial charge in [-0.2, -0.15) is 18.3 Å². The van der Waals surface area contributed by atoms with E-state index in [0.717, 1.165) is 48.4 Å². The Morgan fingerprint density at radius 2 is 1.73 bits per heavy atom. The fourth-order valence-corrected chi connectivity index (χ4v) is 6.48. The molecule has 3 unspecified atom stereocenters. The average molecular weight is 525 g/mol. The second-order valence-corrected chi connectivity index (χ2v) is 10.5. The van der Waals surface area contributed by atoms with Crippen LogP contribution >= 0.6 is 0 Å². The number of rotatable bonds is 4. The van der Waals surface area contributed by atoms with Gasteiger partial charge in [-0.15, -0.1) is 0 Å². The summed E-state index contributed by atoms with van der Waals surface area (Å²) in [6, 6.07) is 1.85. The number of hydrogen-bond acceptors (Lipinski definition) is 5. The van der Waals surface area contributed by atoms with Gasteiger partial charge in [0.05, 0.1) is 5.69 Å². The van der Waals surface area contributed by atoms with E-state index in [1.165, 1.54) is 0 Å². The largest absolute Gasteiger partial charge is 0.410 e. The lowest BCUT2D eigenvalue weighted by atomic mass is 9.82. The molecule has 37 heavy (non-hydrogen) atoms. The Labute approximate surface area is 208 Å². The van der Waals surface area contributed by atoms with E-state index >= 15 is 0 Å². The summed E-state index contributed by atoms with van der Waals surface area (Å²) in [5.41, 5.74) is 0.582. The second kappa shape index (κ2) is 8.76. The third-order valence-electron chi connectivity index (χ3n) is 8.23. The van der Waals surface area contributed by atoms with E-state index in [1.54, 1.807) is 0 Å². The molecule has 1 aromatic carbocycles. The molecule has 2 bridgehead atoms. The van der Waals surface area contributed by atoms with Crippen molar-refractivity contribution in [2.45, 2.75) is 57.2 Å². The Bertz CT molecular complexity index is 1310. The van der Waals surface area contributed by atoms with E-state index in [0.29, 0.717) is 24.1 Å². The Morgan fingerprint density at radius 1 is 1.00 bits per heavy atom. The van der Waals surface area contributed by atoms with Crippen molar-refractivity contribution in [2.24, 2.45) is 17.8 Å². The zero-order valence-corrected chi connectivity index (χ0v) is 20.0. The first-order valence-corrected chi connectivity index (χ1v) is 12.4. The monoisotopic (exact) mass is 525 g/mol. The highest BCUT2D eigenvalue weighted by molar-refractivity contribution is 5.37. The smallest absolute Gasteiger partial charge is 0.340 e. The summed E-state index contributed by atoms with van der Waals surface area (Å²) in [6.45, 7) is 3.35. The molecular formula is C25H25F6N5O. The van der Waals surface area contributed by atoms with Crippen LogP contribution < -0.4 is 4.90 Å². The number of piperidine rings is 1. The summed E-state index contributed by atoms with van der Waals surface area (Å²) >= 11 is 0. The van der Waals surface area contributed by atoms with Crippen molar-refractivity contribution in [3.63, 3.8) is 0 Å². The van der Waals surface area contributed by atoms with E-state index in [1.807, 2.05) is 13.0 Å². The molecule has 0 amide bonds. The highest BCUT2D eigenvalue weighted by Crippen LogP contribution is 2.47. The maximum atomic E-state index is 14.6. The molecule has 198 valence electrons. The topological polar surface area (TPSA) is 60.0 Å². The summed E-state index contributed by atoms with van der Waals surface area (Å²) in [7, 11) is 0. The third-order valence-corrected chi connectivity index (χ3v) is 8.23. The normalized spacial score (nSPS) is 27.5. The molecule has 12 heteroatoms. The zero-order chi connectivity index (χ0) is 26.1. The van der Waals surface area contributed by atoms with Crippen LogP contribution in [0.1, 0.15) is 60.5 Å². The SMILES string of the molecule is Cc1cc(N2C[C@H]3CC[C@@H](C2)C3Cc2nc3n(n2)C(C(F)(F)F)CCC3c2ccc(F)c(F)c2F)on1. The van der Waals surface area contributed by atoms with Gasteiger partial charge in [-0.05, 0) is 56.4 Å². The summed E-state index contributed by atoms with van der Waals surface area (Å²) < 4.78 is 89.9. The molecule has 3 aliphatic rings. The molecule has 0 N–H and O–H groups in total.